The molecule has 0 aliphatic heterocycles. The van der Waals surface area contributed by atoms with E-state index in [1.54, 1.807) is 0 Å². The molecule has 0 radical (unpaired) electrons. The van der Waals surface area contributed by atoms with Crippen molar-refractivity contribution < 1.29 is 33.8 Å². The number of aliphatic hydroxyl groups excluding tert-OH is 3. The van der Waals surface area contributed by atoms with Gasteiger partial charge in [-0.15, -0.1) is 0 Å². The zero-order chi connectivity index (χ0) is 32.9. The molecule has 0 spiro atoms. The smallest absolute Gasteiger partial charge is 0.152 e. The maximum absolute atomic E-state index is 10.9. The average molecular weight is 633 g/mol. The highest BCUT2D eigenvalue weighted by molar-refractivity contribution is 4.60. The predicted molar refractivity (Wildman–Crippen MR) is 187 cm³/mol. The molecule has 0 aromatic heterocycles. The molecule has 0 aliphatic rings. The second kappa shape index (κ2) is 28.9. The summed E-state index contributed by atoms with van der Waals surface area (Å²) in [6.45, 7) is 8.81. The summed E-state index contributed by atoms with van der Waals surface area (Å²) in [4.78, 5) is 0. The van der Waals surface area contributed by atoms with Crippen molar-refractivity contribution in [3.63, 3.8) is 0 Å². The lowest BCUT2D eigenvalue weighted by Gasteiger charge is -2.37. The fraction of sp³-hybridized carbons (Fsp3) is 1.00. The van der Waals surface area contributed by atoms with Gasteiger partial charge < -0.3 is 33.8 Å². The molecule has 0 saturated heterocycles. The van der Waals surface area contributed by atoms with Crippen LogP contribution in [0.1, 0.15) is 142 Å². The molecular formula is C37H80N2O5+2. The predicted octanol–water partition coefficient (Wildman–Crippen LogP) is 7.10. The van der Waals surface area contributed by atoms with Gasteiger partial charge in [-0.3, -0.25) is 0 Å². The second-order valence-corrected chi connectivity index (χ2v) is 15.1. The second-order valence-electron chi connectivity index (χ2n) is 15.1. The summed E-state index contributed by atoms with van der Waals surface area (Å²) < 4.78 is 12.6. The van der Waals surface area contributed by atoms with E-state index < -0.39 is 18.3 Å². The van der Waals surface area contributed by atoms with Crippen LogP contribution in [0.3, 0.4) is 0 Å². The Kier molecular flexibility index (Phi) is 28.7. The number of unbranched alkanes of at least 4 members (excludes halogenated alkanes) is 18. The molecule has 0 fully saturated rings. The maximum Gasteiger partial charge on any atom is 0.152 e. The Morgan fingerprint density at radius 1 is 0.386 bits per heavy atom. The number of nitrogens with zero attached hydrogens (tertiary/aromatic N) is 2. The zero-order valence-corrected chi connectivity index (χ0v) is 30.6. The molecule has 0 amide bonds. The summed E-state index contributed by atoms with van der Waals surface area (Å²) in [5, 5.41) is 32.0. The van der Waals surface area contributed by atoms with E-state index in [9.17, 15) is 15.3 Å². The summed E-state index contributed by atoms with van der Waals surface area (Å²) >= 11 is 0. The van der Waals surface area contributed by atoms with Gasteiger partial charge in [0.25, 0.3) is 0 Å². The Balaban J connectivity index is 3.91. The third-order valence-electron chi connectivity index (χ3n) is 8.72. The average Bonchev–Trinajstić information content (AvgIpc) is 2.92. The molecule has 0 bridgehead atoms. The van der Waals surface area contributed by atoms with Crippen molar-refractivity contribution in [1.82, 2.24) is 0 Å². The largest absolute Gasteiger partial charge is 0.385 e. The topological polar surface area (TPSA) is 79.2 Å². The van der Waals surface area contributed by atoms with Crippen LogP contribution in [0.2, 0.25) is 0 Å². The molecule has 0 saturated carbocycles. The standard InChI is InChI=1S/C37H80N2O5/c1-7-9-11-13-15-17-19-21-23-25-27-43-33-36(41)31-38(3,4)29-35(40)30-39(5,6)32-37(42)34-44-28-26-24-22-20-18-16-14-12-10-8-2/h35-37,40-42H,7-34H2,1-6H3/q+2. The van der Waals surface area contributed by atoms with Gasteiger partial charge in [-0.25, -0.2) is 0 Å². The number of aliphatic hydroxyl groups is 3. The lowest BCUT2D eigenvalue weighted by atomic mass is 10.1. The van der Waals surface area contributed by atoms with E-state index in [1.165, 1.54) is 116 Å². The maximum atomic E-state index is 10.9. The van der Waals surface area contributed by atoms with Gasteiger partial charge in [-0.05, 0) is 12.8 Å². The third-order valence-corrected chi connectivity index (χ3v) is 8.72. The van der Waals surface area contributed by atoms with Gasteiger partial charge >= 0.3 is 0 Å². The fourth-order valence-electron chi connectivity index (χ4n) is 6.42. The van der Waals surface area contributed by atoms with Crippen LogP contribution in [0, 0.1) is 0 Å². The molecule has 0 aromatic carbocycles. The lowest BCUT2D eigenvalue weighted by Crippen LogP contribution is -2.56. The van der Waals surface area contributed by atoms with Gasteiger partial charge in [0.1, 0.15) is 38.4 Å². The summed E-state index contributed by atoms with van der Waals surface area (Å²) in [5.41, 5.74) is 0. The Hall–Kier alpha value is -0.280. The van der Waals surface area contributed by atoms with Gasteiger partial charge in [-0.1, -0.05) is 129 Å². The van der Waals surface area contributed by atoms with E-state index in [0.717, 1.165) is 12.8 Å². The van der Waals surface area contributed by atoms with Gasteiger partial charge in [0.2, 0.25) is 0 Å². The molecule has 0 rings (SSSR count). The number of ether oxygens (including phenoxy) is 2. The first-order valence-electron chi connectivity index (χ1n) is 18.8. The van der Waals surface area contributed by atoms with Crippen LogP contribution in [-0.4, -0.2) is 123 Å². The molecule has 2 atom stereocenters. The number of rotatable bonds is 34. The van der Waals surface area contributed by atoms with E-state index in [1.807, 2.05) is 28.2 Å². The lowest BCUT2D eigenvalue weighted by molar-refractivity contribution is -0.917. The molecule has 3 N–H and O–H groups in total. The van der Waals surface area contributed by atoms with Crippen molar-refractivity contribution in [1.29, 1.82) is 0 Å². The van der Waals surface area contributed by atoms with E-state index in [0.29, 0.717) is 61.6 Å². The molecule has 0 aliphatic carbocycles. The van der Waals surface area contributed by atoms with Gasteiger partial charge in [-0.2, -0.15) is 0 Å². The Labute approximate surface area is 274 Å². The molecular weight excluding hydrogens is 552 g/mol. The highest BCUT2D eigenvalue weighted by Gasteiger charge is 2.30. The van der Waals surface area contributed by atoms with E-state index in [-0.39, 0.29) is 0 Å². The first-order valence-corrected chi connectivity index (χ1v) is 18.8. The van der Waals surface area contributed by atoms with Crippen molar-refractivity contribution >= 4 is 0 Å². The van der Waals surface area contributed by atoms with Crippen LogP contribution < -0.4 is 0 Å². The van der Waals surface area contributed by atoms with E-state index in [4.69, 9.17) is 9.47 Å². The van der Waals surface area contributed by atoms with Crippen LogP contribution in [0.5, 0.6) is 0 Å². The number of likely N-dealkylation sites (N-methyl/N-ethyl adjacent to an activating group) is 2. The van der Waals surface area contributed by atoms with Crippen molar-refractivity contribution in [3.8, 4) is 0 Å². The highest BCUT2D eigenvalue weighted by atomic mass is 16.5. The van der Waals surface area contributed by atoms with E-state index >= 15 is 0 Å². The fourth-order valence-corrected chi connectivity index (χ4v) is 6.42. The quantitative estimate of drug-likeness (QED) is 0.0521. The van der Waals surface area contributed by atoms with Crippen molar-refractivity contribution in [3.05, 3.63) is 0 Å². The normalized spacial score (nSPS) is 14.7. The minimum Gasteiger partial charge on any atom is -0.385 e. The van der Waals surface area contributed by atoms with Gasteiger partial charge in [0.15, 0.2) is 6.10 Å². The number of hydrogen-bond donors (Lipinski definition) is 3. The highest BCUT2D eigenvalue weighted by Crippen LogP contribution is 2.13. The molecule has 44 heavy (non-hydrogen) atoms. The zero-order valence-electron chi connectivity index (χ0n) is 30.6. The minimum atomic E-state index is -0.544. The van der Waals surface area contributed by atoms with Crippen LogP contribution in [-0.2, 0) is 9.47 Å². The summed E-state index contributed by atoms with van der Waals surface area (Å²) in [5.74, 6) is 0. The Bertz CT molecular complexity index is 554. The Morgan fingerprint density at radius 2 is 0.636 bits per heavy atom. The van der Waals surface area contributed by atoms with Crippen LogP contribution in [0.15, 0.2) is 0 Å². The van der Waals surface area contributed by atoms with Gasteiger partial charge in [0, 0.05) is 13.2 Å². The van der Waals surface area contributed by atoms with Gasteiger partial charge in [0.05, 0.1) is 41.4 Å². The summed E-state index contributed by atoms with van der Waals surface area (Å²) in [7, 11) is 8.19. The SMILES string of the molecule is CCCCCCCCCCCCOCC(O)C[N+](C)(C)CC(O)C[N+](C)(C)CC(O)COCCCCCCCCCCCC. The molecule has 7 nitrogen and oxygen atoms in total. The van der Waals surface area contributed by atoms with Crippen molar-refractivity contribution in [2.45, 2.75) is 161 Å². The monoisotopic (exact) mass is 633 g/mol. The summed E-state index contributed by atoms with van der Waals surface area (Å²) in [6, 6.07) is 0. The first kappa shape index (κ1) is 43.7. The van der Waals surface area contributed by atoms with Crippen LogP contribution in [0.4, 0.5) is 0 Å². The van der Waals surface area contributed by atoms with Crippen LogP contribution in [0.25, 0.3) is 0 Å². The number of quaternary nitrogens is 2. The van der Waals surface area contributed by atoms with Crippen molar-refractivity contribution in [2.24, 2.45) is 0 Å². The first-order chi connectivity index (χ1) is 21.0. The molecule has 7 heteroatoms. The Morgan fingerprint density at radius 3 is 0.932 bits per heavy atom. The molecule has 0 aromatic rings. The molecule has 266 valence electrons. The molecule has 2 unspecified atom stereocenters. The van der Waals surface area contributed by atoms with Crippen molar-refractivity contribution in [2.75, 3.05) is 80.8 Å². The number of hydrogen-bond acceptors (Lipinski definition) is 5. The molecule has 0 heterocycles. The third kappa shape index (κ3) is 30.4. The minimum absolute atomic E-state index is 0.349. The summed E-state index contributed by atoms with van der Waals surface area (Å²) in [6.07, 6.45) is 24.5. The van der Waals surface area contributed by atoms with E-state index in [2.05, 4.69) is 13.8 Å². The van der Waals surface area contributed by atoms with Crippen LogP contribution >= 0.6 is 0 Å².